The minimum atomic E-state index is -1.11. The van der Waals surface area contributed by atoms with Crippen molar-refractivity contribution in [3.05, 3.63) is 137 Å². The van der Waals surface area contributed by atoms with E-state index in [-0.39, 0.29) is 64.6 Å². The van der Waals surface area contributed by atoms with E-state index < -0.39 is 32.4 Å². The van der Waals surface area contributed by atoms with Gasteiger partial charge in [-0.3, -0.25) is 30.3 Å². The molecule has 0 unspecified atom stereocenters. The van der Waals surface area contributed by atoms with E-state index in [0.29, 0.717) is 5.56 Å². The van der Waals surface area contributed by atoms with Crippen molar-refractivity contribution < 1.29 is 39.3 Å². The highest BCUT2D eigenvalue weighted by atomic mass is 16.7. The van der Waals surface area contributed by atoms with Crippen LogP contribution in [0.4, 0.5) is 21.9 Å². The summed E-state index contributed by atoms with van der Waals surface area (Å²) in [6, 6.07) is 17.4. The van der Waals surface area contributed by atoms with Gasteiger partial charge in [0.1, 0.15) is 23.9 Å². The molecule has 2 N–H and O–H groups in total. The van der Waals surface area contributed by atoms with Crippen LogP contribution in [-0.4, -0.2) is 31.1 Å². The third-order valence-corrected chi connectivity index (χ3v) is 6.15. The molecule has 0 heterocycles. The standard InChI is InChI=1S/C28H21N3O11/c32-25-8-6-22(29(35)36)12-18(25)10-20-14-24(31(39)40)15-21(27(20)33)11-19-13-23(30(37)38)7-9-26(19)42-28(34)41-16-17-4-2-1-3-5-17/h1-9,12-15,32-33H,10-11,16H2. The highest BCUT2D eigenvalue weighted by Crippen LogP contribution is 2.36. The summed E-state index contributed by atoms with van der Waals surface area (Å²) in [4.78, 5) is 44.6. The van der Waals surface area contributed by atoms with Gasteiger partial charge in [0.25, 0.3) is 17.1 Å². The normalized spacial score (nSPS) is 10.6. The fourth-order valence-electron chi connectivity index (χ4n) is 4.11. The summed E-state index contributed by atoms with van der Waals surface area (Å²) < 4.78 is 10.4. The predicted octanol–water partition coefficient (Wildman–Crippen LogP) is 5.72. The number of hydrogen-bond donors (Lipinski definition) is 2. The molecule has 0 fully saturated rings. The Bertz CT molecular complexity index is 1690. The van der Waals surface area contributed by atoms with E-state index in [9.17, 15) is 45.4 Å². The average Bonchev–Trinajstić information content (AvgIpc) is 2.96. The molecule has 0 aliphatic heterocycles. The Hall–Kier alpha value is -6.05. The smallest absolute Gasteiger partial charge is 0.508 e. The number of nitrogens with zero attached hydrogens (tertiary/aromatic N) is 3. The van der Waals surface area contributed by atoms with Gasteiger partial charge in [-0.15, -0.1) is 0 Å². The lowest BCUT2D eigenvalue weighted by Crippen LogP contribution is -2.12. The summed E-state index contributed by atoms with van der Waals surface area (Å²) in [5.41, 5.74) is -0.559. The predicted molar refractivity (Wildman–Crippen MR) is 145 cm³/mol. The number of carbonyl (C=O) groups excluding carboxylic acids is 1. The van der Waals surface area contributed by atoms with E-state index in [1.807, 2.05) is 0 Å². The first-order valence-electron chi connectivity index (χ1n) is 12.1. The molecule has 0 aromatic heterocycles. The number of nitro groups is 3. The molecule has 42 heavy (non-hydrogen) atoms. The van der Waals surface area contributed by atoms with Gasteiger partial charge in [-0.2, -0.15) is 0 Å². The van der Waals surface area contributed by atoms with Crippen molar-refractivity contribution in [1.82, 2.24) is 0 Å². The molecular formula is C28H21N3O11. The van der Waals surface area contributed by atoms with Gasteiger partial charge in [0.2, 0.25) is 0 Å². The van der Waals surface area contributed by atoms with Crippen LogP contribution in [0, 0.1) is 30.3 Å². The summed E-state index contributed by atoms with van der Waals surface area (Å²) in [7, 11) is 0. The Balaban J connectivity index is 1.68. The maximum atomic E-state index is 12.4. The highest BCUT2D eigenvalue weighted by Gasteiger charge is 2.22. The number of hydrogen-bond acceptors (Lipinski definition) is 11. The zero-order valence-corrected chi connectivity index (χ0v) is 21.5. The molecule has 0 amide bonds. The van der Waals surface area contributed by atoms with Gasteiger partial charge in [-0.1, -0.05) is 30.3 Å². The second-order valence-electron chi connectivity index (χ2n) is 8.97. The molecule has 0 aliphatic carbocycles. The molecule has 0 saturated heterocycles. The van der Waals surface area contributed by atoms with Gasteiger partial charge >= 0.3 is 6.16 Å². The quantitative estimate of drug-likeness (QED) is 0.101. The van der Waals surface area contributed by atoms with E-state index in [1.54, 1.807) is 30.3 Å². The van der Waals surface area contributed by atoms with Gasteiger partial charge in [-0.25, -0.2) is 4.79 Å². The molecular weight excluding hydrogens is 554 g/mol. The van der Waals surface area contributed by atoms with Crippen LogP contribution in [0.1, 0.15) is 27.8 Å². The van der Waals surface area contributed by atoms with Crippen molar-refractivity contribution in [3.8, 4) is 17.2 Å². The number of benzene rings is 4. The van der Waals surface area contributed by atoms with E-state index in [4.69, 9.17) is 9.47 Å². The minimum absolute atomic E-state index is 0.0199. The van der Waals surface area contributed by atoms with Gasteiger partial charge in [-0.05, 0) is 17.7 Å². The van der Waals surface area contributed by atoms with Crippen LogP contribution < -0.4 is 4.74 Å². The molecule has 0 spiro atoms. The number of nitro benzene ring substituents is 3. The first kappa shape index (κ1) is 28.9. The van der Waals surface area contributed by atoms with Gasteiger partial charge < -0.3 is 19.7 Å². The summed E-state index contributed by atoms with van der Waals surface area (Å²) in [5, 5.41) is 55.6. The fraction of sp³-hybridized carbons (Fsp3) is 0.107. The molecule has 0 atom stereocenters. The van der Waals surface area contributed by atoms with Crippen LogP contribution in [0.5, 0.6) is 17.2 Å². The second kappa shape index (κ2) is 12.4. The molecule has 214 valence electrons. The number of ether oxygens (including phenoxy) is 2. The van der Waals surface area contributed by atoms with Gasteiger partial charge in [0.05, 0.1) is 14.8 Å². The number of non-ortho nitro benzene ring substituents is 3. The van der Waals surface area contributed by atoms with Gasteiger partial charge in [0.15, 0.2) is 0 Å². The molecule has 4 aromatic rings. The second-order valence-corrected chi connectivity index (χ2v) is 8.97. The number of phenolic OH excluding ortho intramolecular Hbond substituents is 2. The molecule has 0 bridgehead atoms. The van der Waals surface area contributed by atoms with Crippen LogP contribution in [0.3, 0.4) is 0 Å². The minimum Gasteiger partial charge on any atom is -0.508 e. The maximum Gasteiger partial charge on any atom is 0.514 e. The fourth-order valence-corrected chi connectivity index (χ4v) is 4.11. The van der Waals surface area contributed by atoms with Crippen molar-refractivity contribution in [3.63, 3.8) is 0 Å². The summed E-state index contributed by atoms with van der Waals surface area (Å²) in [6.45, 7) is -0.110. The van der Waals surface area contributed by atoms with Crippen LogP contribution in [-0.2, 0) is 24.2 Å². The zero-order valence-electron chi connectivity index (χ0n) is 21.5. The third kappa shape index (κ3) is 6.93. The van der Waals surface area contributed by atoms with Crippen molar-refractivity contribution in [2.75, 3.05) is 0 Å². The monoisotopic (exact) mass is 575 g/mol. The lowest BCUT2D eigenvalue weighted by Gasteiger charge is -2.14. The summed E-state index contributed by atoms with van der Waals surface area (Å²) in [6.07, 6.45) is -1.79. The Morgan fingerprint density at radius 1 is 0.667 bits per heavy atom. The topological polar surface area (TPSA) is 205 Å². The van der Waals surface area contributed by atoms with Crippen LogP contribution in [0.15, 0.2) is 78.9 Å². The third-order valence-electron chi connectivity index (χ3n) is 6.15. The molecule has 0 radical (unpaired) electrons. The molecule has 14 nitrogen and oxygen atoms in total. The Morgan fingerprint density at radius 2 is 1.19 bits per heavy atom. The molecule has 14 heteroatoms. The zero-order chi connectivity index (χ0) is 30.4. The molecule has 4 aromatic carbocycles. The van der Waals surface area contributed by atoms with Crippen LogP contribution in [0.2, 0.25) is 0 Å². The van der Waals surface area contributed by atoms with Crippen molar-refractivity contribution in [1.29, 1.82) is 0 Å². The maximum absolute atomic E-state index is 12.4. The first-order chi connectivity index (χ1) is 20.0. The SMILES string of the molecule is O=C(OCc1ccccc1)Oc1ccc([N+](=O)[O-])cc1Cc1cc([N+](=O)[O-])cc(Cc2cc([N+](=O)[O-])ccc2O)c1O. The molecule has 0 saturated carbocycles. The number of rotatable bonds is 10. The Labute approximate surface area is 236 Å². The van der Waals surface area contributed by atoms with Crippen molar-refractivity contribution in [2.24, 2.45) is 0 Å². The summed E-state index contributed by atoms with van der Waals surface area (Å²) >= 11 is 0. The van der Waals surface area contributed by atoms with E-state index in [0.717, 1.165) is 48.5 Å². The molecule has 4 rings (SSSR count). The lowest BCUT2D eigenvalue weighted by molar-refractivity contribution is -0.385. The number of phenols is 2. The van der Waals surface area contributed by atoms with Crippen molar-refractivity contribution >= 4 is 23.2 Å². The number of carbonyl (C=O) groups is 1. The lowest BCUT2D eigenvalue weighted by atomic mass is 9.95. The molecule has 0 aliphatic rings. The van der Waals surface area contributed by atoms with Crippen LogP contribution in [0.25, 0.3) is 0 Å². The van der Waals surface area contributed by atoms with E-state index >= 15 is 0 Å². The Morgan fingerprint density at radius 3 is 1.79 bits per heavy atom. The van der Waals surface area contributed by atoms with E-state index in [1.165, 1.54) is 0 Å². The van der Waals surface area contributed by atoms with Crippen molar-refractivity contribution in [2.45, 2.75) is 19.4 Å². The first-order valence-corrected chi connectivity index (χ1v) is 12.1. The van der Waals surface area contributed by atoms with Gasteiger partial charge in [0, 0.05) is 71.5 Å². The largest absolute Gasteiger partial charge is 0.514 e. The highest BCUT2D eigenvalue weighted by molar-refractivity contribution is 5.65. The van der Waals surface area contributed by atoms with Crippen LogP contribution >= 0.6 is 0 Å². The average molecular weight is 575 g/mol. The summed E-state index contributed by atoms with van der Waals surface area (Å²) in [5.74, 6) is -0.950. The Kier molecular flexibility index (Phi) is 8.56. The number of aromatic hydroxyl groups is 2. The van der Waals surface area contributed by atoms with E-state index in [2.05, 4.69) is 0 Å².